The highest BCUT2D eigenvalue weighted by atomic mass is 16.5. The number of fused-ring (bicyclic) bond motifs is 1. The molecule has 2 aliphatic rings. The van der Waals surface area contributed by atoms with Gasteiger partial charge in [-0.1, -0.05) is 20.8 Å². The van der Waals surface area contributed by atoms with E-state index in [2.05, 4.69) is 20.8 Å². The predicted octanol–water partition coefficient (Wildman–Crippen LogP) is 2.16. The maximum atomic E-state index is 12.0. The number of rotatable bonds is 0. The highest BCUT2D eigenvalue weighted by molar-refractivity contribution is 5.77. The Hall–Kier alpha value is -0.570. The Balaban J connectivity index is 2.20. The second kappa shape index (κ2) is 3.78. The third kappa shape index (κ3) is 2.03. The summed E-state index contributed by atoms with van der Waals surface area (Å²) in [5.41, 5.74) is 0.120. The molecule has 0 saturated carbocycles. The van der Waals surface area contributed by atoms with E-state index in [0.29, 0.717) is 13.0 Å². The van der Waals surface area contributed by atoms with Crippen LogP contribution in [0.25, 0.3) is 0 Å². The van der Waals surface area contributed by atoms with Crippen molar-refractivity contribution < 1.29 is 9.53 Å². The van der Waals surface area contributed by atoms with E-state index < -0.39 is 0 Å². The lowest BCUT2D eigenvalue weighted by atomic mass is 9.86. The minimum Gasteiger partial charge on any atom is -0.356 e. The lowest BCUT2D eigenvalue weighted by Gasteiger charge is -2.35. The zero-order chi connectivity index (χ0) is 11.1. The van der Waals surface area contributed by atoms with Gasteiger partial charge in [0, 0.05) is 6.42 Å². The Morgan fingerprint density at radius 1 is 1.33 bits per heavy atom. The standard InChI is InChI=1S/C12H21NO2/c1-12(2,3)9-8-15-11-7-5-4-6-10(14)13(9)11/h9,11H,4-8H2,1-3H3/t9-,11-/m1/s1. The van der Waals surface area contributed by atoms with Crippen molar-refractivity contribution in [3.63, 3.8) is 0 Å². The van der Waals surface area contributed by atoms with Gasteiger partial charge < -0.3 is 9.64 Å². The number of carbonyl (C=O) groups is 1. The summed E-state index contributed by atoms with van der Waals surface area (Å²) in [6, 6.07) is 0.257. The Morgan fingerprint density at radius 2 is 2.07 bits per heavy atom. The molecule has 86 valence electrons. The molecule has 0 aromatic carbocycles. The van der Waals surface area contributed by atoms with Gasteiger partial charge in [0.25, 0.3) is 0 Å². The molecule has 3 heteroatoms. The number of carbonyl (C=O) groups excluding carboxylic acids is 1. The van der Waals surface area contributed by atoms with Gasteiger partial charge in [-0.2, -0.15) is 0 Å². The van der Waals surface area contributed by atoms with E-state index in [9.17, 15) is 4.79 Å². The van der Waals surface area contributed by atoms with E-state index in [1.807, 2.05) is 4.90 Å². The zero-order valence-corrected chi connectivity index (χ0v) is 9.95. The van der Waals surface area contributed by atoms with Crippen molar-refractivity contribution in [1.29, 1.82) is 0 Å². The van der Waals surface area contributed by atoms with E-state index in [1.54, 1.807) is 0 Å². The Labute approximate surface area is 91.8 Å². The minimum absolute atomic E-state index is 0.0595. The molecule has 0 aliphatic carbocycles. The second-order valence-electron chi connectivity index (χ2n) is 5.72. The van der Waals surface area contributed by atoms with Crippen LogP contribution in [0.5, 0.6) is 0 Å². The molecular formula is C12H21NO2. The summed E-state index contributed by atoms with van der Waals surface area (Å²) in [7, 11) is 0. The number of amides is 1. The van der Waals surface area contributed by atoms with Crippen LogP contribution in [0.1, 0.15) is 46.5 Å². The largest absolute Gasteiger partial charge is 0.356 e. The van der Waals surface area contributed by atoms with Crippen molar-refractivity contribution in [1.82, 2.24) is 4.90 Å². The van der Waals surface area contributed by atoms with Gasteiger partial charge in [0.15, 0.2) is 0 Å². The molecule has 0 aromatic heterocycles. The molecule has 2 saturated heterocycles. The zero-order valence-electron chi connectivity index (χ0n) is 9.95. The van der Waals surface area contributed by atoms with Crippen molar-refractivity contribution in [3.8, 4) is 0 Å². The average molecular weight is 211 g/mol. The van der Waals surface area contributed by atoms with Crippen molar-refractivity contribution >= 4 is 5.91 Å². The third-order valence-electron chi connectivity index (χ3n) is 3.47. The quantitative estimate of drug-likeness (QED) is 0.614. The van der Waals surface area contributed by atoms with Crippen LogP contribution in [0.4, 0.5) is 0 Å². The Kier molecular flexibility index (Phi) is 2.75. The maximum absolute atomic E-state index is 12.0. The summed E-state index contributed by atoms with van der Waals surface area (Å²) in [6.07, 6.45) is 3.91. The van der Waals surface area contributed by atoms with Crippen LogP contribution in [0.15, 0.2) is 0 Å². The van der Waals surface area contributed by atoms with Gasteiger partial charge in [0.1, 0.15) is 6.23 Å². The lowest BCUT2D eigenvalue weighted by Crippen LogP contribution is -2.47. The number of nitrogens with zero attached hydrogens (tertiary/aromatic N) is 1. The summed E-state index contributed by atoms with van der Waals surface area (Å²) in [5, 5.41) is 0. The smallest absolute Gasteiger partial charge is 0.224 e. The molecule has 1 amide bonds. The van der Waals surface area contributed by atoms with Gasteiger partial charge in [0.05, 0.1) is 12.6 Å². The van der Waals surface area contributed by atoms with Gasteiger partial charge in [-0.3, -0.25) is 4.79 Å². The normalized spacial score (nSPS) is 32.7. The fourth-order valence-corrected chi connectivity index (χ4v) is 2.51. The highest BCUT2D eigenvalue weighted by Gasteiger charge is 2.43. The van der Waals surface area contributed by atoms with Crippen molar-refractivity contribution in [2.24, 2.45) is 5.41 Å². The van der Waals surface area contributed by atoms with Gasteiger partial charge in [-0.25, -0.2) is 0 Å². The molecule has 2 heterocycles. The van der Waals surface area contributed by atoms with Crippen molar-refractivity contribution in [2.45, 2.75) is 58.7 Å². The molecule has 15 heavy (non-hydrogen) atoms. The summed E-state index contributed by atoms with van der Waals surface area (Å²) < 4.78 is 5.75. The molecule has 0 unspecified atom stereocenters. The second-order valence-corrected chi connectivity index (χ2v) is 5.72. The molecule has 0 radical (unpaired) electrons. The molecule has 0 N–H and O–H groups in total. The van der Waals surface area contributed by atoms with Gasteiger partial charge in [-0.15, -0.1) is 0 Å². The first-order chi connectivity index (χ1) is 7.00. The number of hydrogen-bond donors (Lipinski definition) is 0. The molecule has 3 nitrogen and oxygen atoms in total. The van der Waals surface area contributed by atoms with Crippen LogP contribution in [0.3, 0.4) is 0 Å². The highest BCUT2D eigenvalue weighted by Crippen LogP contribution is 2.35. The molecule has 2 atom stereocenters. The monoisotopic (exact) mass is 211 g/mol. The van der Waals surface area contributed by atoms with E-state index in [0.717, 1.165) is 19.3 Å². The molecule has 0 spiro atoms. The topological polar surface area (TPSA) is 29.5 Å². The van der Waals surface area contributed by atoms with Crippen LogP contribution in [-0.2, 0) is 9.53 Å². The van der Waals surface area contributed by atoms with Crippen molar-refractivity contribution in [2.75, 3.05) is 6.61 Å². The van der Waals surface area contributed by atoms with E-state index in [4.69, 9.17) is 4.74 Å². The third-order valence-corrected chi connectivity index (χ3v) is 3.47. The van der Waals surface area contributed by atoms with E-state index >= 15 is 0 Å². The summed E-state index contributed by atoms with van der Waals surface area (Å²) in [4.78, 5) is 14.0. The molecule has 2 fully saturated rings. The fraction of sp³-hybridized carbons (Fsp3) is 0.917. The molecule has 2 aliphatic heterocycles. The first-order valence-corrected chi connectivity index (χ1v) is 5.93. The maximum Gasteiger partial charge on any atom is 0.224 e. The van der Waals surface area contributed by atoms with Crippen LogP contribution >= 0.6 is 0 Å². The predicted molar refractivity (Wildman–Crippen MR) is 58.3 cm³/mol. The minimum atomic E-state index is 0.0595. The number of ether oxygens (including phenoxy) is 1. The molecule has 0 bridgehead atoms. The Morgan fingerprint density at radius 3 is 2.73 bits per heavy atom. The SMILES string of the molecule is CC(C)(C)[C@H]1CO[C@@H]2CCCCC(=O)N21. The molecule has 2 rings (SSSR count). The fourth-order valence-electron chi connectivity index (χ4n) is 2.51. The van der Waals surface area contributed by atoms with E-state index in [1.165, 1.54) is 0 Å². The van der Waals surface area contributed by atoms with Gasteiger partial charge in [0.2, 0.25) is 5.91 Å². The van der Waals surface area contributed by atoms with Gasteiger partial charge >= 0.3 is 0 Å². The van der Waals surface area contributed by atoms with Crippen LogP contribution in [0, 0.1) is 5.41 Å². The first-order valence-electron chi connectivity index (χ1n) is 5.93. The number of hydrogen-bond acceptors (Lipinski definition) is 2. The molecule has 0 aromatic rings. The van der Waals surface area contributed by atoms with Crippen LogP contribution < -0.4 is 0 Å². The lowest BCUT2D eigenvalue weighted by molar-refractivity contribution is -0.138. The van der Waals surface area contributed by atoms with E-state index in [-0.39, 0.29) is 23.6 Å². The van der Waals surface area contributed by atoms with Gasteiger partial charge in [-0.05, 0) is 24.7 Å². The first kappa shape index (κ1) is 10.9. The average Bonchev–Trinajstić information content (AvgIpc) is 2.48. The Bertz CT molecular complexity index is 257. The summed E-state index contributed by atoms with van der Waals surface area (Å²) in [5.74, 6) is 0.287. The summed E-state index contributed by atoms with van der Waals surface area (Å²) in [6.45, 7) is 7.25. The summed E-state index contributed by atoms with van der Waals surface area (Å²) >= 11 is 0. The molecular weight excluding hydrogens is 190 g/mol. The van der Waals surface area contributed by atoms with Crippen LogP contribution in [-0.4, -0.2) is 29.7 Å². The van der Waals surface area contributed by atoms with Crippen LogP contribution in [0.2, 0.25) is 0 Å². The van der Waals surface area contributed by atoms with Crippen molar-refractivity contribution in [3.05, 3.63) is 0 Å².